The van der Waals surface area contributed by atoms with Crippen LogP contribution in [-0.2, 0) is 13.0 Å². The van der Waals surface area contributed by atoms with Gasteiger partial charge in [0.15, 0.2) is 0 Å². The van der Waals surface area contributed by atoms with Crippen molar-refractivity contribution in [2.24, 2.45) is 0 Å². The molecule has 0 heterocycles. The molecule has 0 spiro atoms. The molecule has 1 aliphatic carbocycles. The Morgan fingerprint density at radius 2 is 1.83 bits per heavy atom. The maximum absolute atomic E-state index is 12.5. The molecule has 1 aliphatic rings. The first-order valence-corrected chi connectivity index (χ1v) is 10.9. The van der Waals surface area contributed by atoms with Crippen molar-refractivity contribution in [1.29, 1.82) is 0 Å². The topological polar surface area (TPSA) is 61.4 Å². The number of nitrogens with one attached hydrogen (secondary N) is 2. The van der Waals surface area contributed by atoms with Gasteiger partial charge in [0.1, 0.15) is 0 Å². The minimum absolute atomic E-state index is 0.0192. The third kappa shape index (κ3) is 6.05. The van der Waals surface area contributed by atoms with Gasteiger partial charge < -0.3 is 15.7 Å². The van der Waals surface area contributed by atoms with E-state index in [-0.39, 0.29) is 18.6 Å². The Morgan fingerprint density at radius 1 is 1.10 bits per heavy atom. The first-order valence-electron chi connectivity index (χ1n) is 10.5. The molecule has 1 saturated carbocycles. The number of hydrogen-bond donors (Lipinski definition) is 3. The molecule has 2 aromatic carbocycles. The monoisotopic (exact) mass is 414 g/mol. The molecular weight excluding hydrogens is 384 g/mol. The van der Waals surface area contributed by atoms with Crippen LogP contribution in [0.3, 0.4) is 0 Å². The van der Waals surface area contributed by atoms with Crippen LogP contribution in [0.25, 0.3) is 0 Å². The number of carbonyl (C=O) groups excluding carboxylic acids is 1. The minimum Gasteiger partial charge on any atom is -0.396 e. The van der Waals surface area contributed by atoms with Crippen LogP contribution in [-0.4, -0.2) is 30.7 Å². The van der Waals surface area contributed by atoms with Crippen molar-refractivity contribution < 1.29 is 9.90 Å². The van der Waals surface area contributed by atoms with E-state index in [1.54, 1.807) is 24.3 Å². The Bertz CT molecular complexity index is 799. The lowest BCUT2D eigenvalue weighted by atomic mass is 9.79. The second-order valence-electron chi connectivity index (χ2n) is 7.92. The third-order valence-electron chi connectivity index (χ3n) is 5.81. The molecule has 1 amide bonds. The minimum atomic E-state index is -0.0192. The summed E-state index contributed by atoms with van der Waals surface area (Å²) in [6, 6.07) is 14.0. The Kier molecular flexibility index (Phi) is 8.10. The summed E-state index contributed by atoms with van der Waals surface area (Å²) in [5.74, 6) is 0.517. The lowest BCUT2D eigenvalue weighted by Crippen LogP contribution is -2.37. The van der Waals surface area contributed by atoms with E-state index >= 15 is 0 Å². The Labute approximate surface area is 178 Å². The van der Waals surface area contributed by atoms with Crippen LogP contribution in [0.15, 0.2) is 42.5 Å². The number of benzene rings is 2. The summed E-state index contributed by atoms with van der Waals surface area (Å²) in [4.78, 5) is 12.5. The predicted octanol–water partition coefficient (Wildman–Crippen LogP) is 4.44. The fourth-order valence-electron chi connectivity index (χ4n) is 4.26. The van der Waals surface area contributed by atoms with Gasteiger partial charge in [-0.05, 0) is 92.4 Å². The number of halogens is 1. The number of aliphatic hydroxyl groups is 1. The number of amides is 1. The molecule has 3 rings (SSSR count). The molecule has 3 N–H and O–H groups in total. The van der Waals surface area contributed by atoms with Gasteiger partial charge >= 0.3 is 0 Å². The average molecular weight is 415 g/mol. The van der Waals surface area contributed by atoms with Gasteiger partial charge in [-0.3, -0.25) is 4.79 Å². The van der Waals surface area contributed by atoms with Crippen LogP contribution >= 0.6 is 11.6 Å². The van der Waals surface area contributed by atoms with Crippen LogP contribution in [0, 0.1) is 0 Å². The smallest absolute Gasteiger partial charge is 0.251 e. The van der Waals surface area contributed by atoms with E-state index in [0.717, 1.165) is 45.1 Å². The van der Waals surface area contributed by atoms with Gasteiger partial charge in [0.2, 0.25) is 0 Å². The maximum atomic E-state index is 12.5. The Morgan fingerprint density at radius 3 is 2.48 bits per heavy atom. The highest BCUT2D eigenvalue weighted by Gasteiger charge is 2.25. The van der Waals surface area contributed by atoms with E-state index in [0.29, 0.717) is 16.5 Å². The molecule has 0 saturated heterocycles. The van der Waals surface area contributed by atoms with Crippen LogP contribution in [0.4, 0.5) is 0 Å². The van der Waals surface area contributed by atoms with Gasteiger partial charge in [0, 0.05) is 29.8 Å². The highest BCUT2D eigenvalue weighted by atomic mass is 35.5. The summed E-state index contributed by atoms with van der Waals surface area (Å²) in [6.45, 7) is 1.09. The summed E-state index contributed by atoms with van der Waals surface area (Å²) in [5, 5.41) is 16.2. The Balaban J connectivity index is 1.59. The SMILES string of the molecule is CNCc1cc(CCCO)ccc1[C@H]1CC[C@H](NC(=O)c2ccc(Cl)cc2)CC1. The summed E-state index contributed by atoms with van der Waals surface area (Å²) in [5.41, 5.74) is 4.73. The third-order valence-corrected chi connectivity index (χ3v) is 6.06. The van der Waals surface area contributed by atoms with Crippen LogP contribution in [0.1, 0.15) is 65.1 Å². The summed E-state index contributed by atoms with van der Waals surface area (Å²) >= 11 is 5.91. The molecule has 0 aliphatic heterocycles. The van der Waals surface area contributed by atoms with Gasteiger partial charge in [0.05, 0.1) is 0 Å². The molecule has 1 fully saturated rings. The molecule has 2 aromatic rings. The zero-order valence-corrected chi connectivity index (χ0v) is 17.8. The van der Waals surface area contributed by atoms with E-state index < -0.39 is 0 Å². The van der Waals surface area contributed by atoms with Crippen molar-refractivity contribution >= 4 is 17.5 Å². The highest BCUT2D eigenvalue weighted by molar-refractivity contribution is 6.30. The summed E-state index contributed by atoms with van der Waals surface area (Å²) < 4.78 is 0. The van der Waals surface area contributed by atoms with Gasteiger partial charge in [-0.25, -0.2) is 0 Å². The first-order chi connectivity index (χ1) is 14.1. The lowest BCUT2D eigenvalue weighted by Gasteiger charge is -2.31. The molecule has 0 bridgehead atoms. The van der Waals surface area contributed by atoms with Gasteiger partial charge in [-0.15, -0.1) is 0 Å². The molecule has 0 unspecified atom stereocenters. The second kappa shape index (κ2) is 10.8. The summed E-state index contributed by atoms with van der Waals surface area (Å²) in [7, 11) is 1.98. The van der Waals surface area contributed by atoms with Gasteiger partial charge in [-0.2, -0.15) is 0 Å². The van der Waals surface area contributed by atoms with Crippen molar-refractivity contribution in [3.63, 3.8) is 0 Å². The molecular formula is C24H31ClN2O2. The molecule has 5 heteroatoms. The van der Waals surface area contributed by atoms with Gasteiger partial charge in [-0.1, -0.05) is 29.8 Å². The van der Waals surface area contributed by atoms with E-state index in [4.69, 9.17) is 16.7 Å². The maximum Gasteiger partial charge on any atom is 0.251 e. The fraction of sp³-hybridized carbons (Fsp3) is 0.458. The number of aryl methyl sites for hydroxylation is 1. The first kappa shape index (κ1) is 21.8. The fourth-order valence-corrected chi connectivity index (χ4v) is 4.38. The quantitative estimate of drug-likeness (QED) is 0.598. The van der Waals surface area contributed by atoms with E-state index in [2.05, 4.69) is 28.8 Å². The van der Waals surface area contributed by atoms with Crippen LogP contribution in [0.5, 0.6) is 0 Å². The van der Waals surface area contributed by atoms with Crippen molar-refractivity contribution in [2.75, 3.05) is 13.7 Å². The number of rotatable bonds is 8. The zero-order chi connectivity index (χ0) is 20.6. The molecule has 0 aromatic heterocycles. The van der Waals surface area contributed by atoms with Crippen molar-refractivity contribution in [3.8, 4) is 0 Å². The molecule has 29 heavy (non-hydrogen) atoms. The van der Waals surface area contributed by atoms with Crippen molar-refractivity contribution in [2.45, 2.75) is 57.0 Å². The molecule has 0 atom stereocenters. The van der Waals surface area contributed by atoms with E-state index in [1.165, 1.54) is 16.7 Å². The number of aliphatic hydroxyl groups excluding tert-OH is 1. The largest absolute Gasteiger partial charge is 0.396 e. The zero-order valence-electron chi connectivity index (χ0n) is 17.1. The summed E-state index contributed by atoms with van der Waals surface area (Å²) in [6.07, 6.45) is 5.87. The molecule has 4 nitrogen and oxygen atoms in total. The lowest BCUT2D eigenvalue weighted by molar-refractivity contribution is 0.0925. The van der Waals surface area contributed by atoms with Gasteiger partial charge in [0.25, 0.3) is 5.91 Å². The Hall–Kier alpha value is -1.88. The standard InChI is InChI=1S/C24H31ClN2O2/c1-26-16-20-15-17(3-2-14-28)4-13-23(20)18-7-11-22(12-8-18)27-24(29)19-5-9-21(25)10-6-19/h4-6,9-10,13,15,18,22,26,28H,2-3,7-8,11-12,14,16H2,1H3,(H,27,29)/t18-,22-. The number of carbonyl (C=O) groups is 1. The normalized spacial score (nSPS) is 19.1. The molecule has 156 valence electrons. The molecule has 0 radical (unpaired) electrons. The average Bonchev–Trinajstić information content (AvgIpc) is 2.74. The van der Waals surface area contributed by atoms with E-state index in [1.807, 2.05) is 7.05 Å². The van der Waals surface area contributed by atoms with Crippen molar-refractivity contribution in [1.82, 2.24) is 10.6 Å². The van der Waals surface area contributed by atoms with Crippen LogP contribution < -0.4 is 10.6 Å². The second-order valence-corrected chi connectivity index (χ2v) is 8.36. The van der Waals surface area contributed by atoms with Crippen LogP contribution in [0.2, 0.25) is 5.02 Å². The van der Waals surface area contributed by atoms with Crippen molar-refractivity contribution in [3.05, 3.63) is 69.7 Å². The predicted molar refractivity (Wildman–Crippen MR) is 119 cm³/mol. The number of hydrogen-bond acceptors (Lipinski definition) is 3. The van der Waals surface area contributed by atoms with E-state index in [9.17, 15) is 4.79 Å². The highest BCUT2D eigenvalue weighted by Crippen LogP contribution is 2.35.